The van der Waals surface area contributed by atoms with Crippen LogP contribution in [0.1, 0.15) is 21.5 Å². The van der Waals surface area contributed by atoms with Crippen LogP contribution in [0.25, 0.3) is 17.3 Å². The predicted molar refractivity (Wildman–Crippen MR) is 134 cm³/mol. The van der Waals surface area contributed by atoms with Gasteiger partial charge in [0.2, 0.25) is 5.91 Å². The van der Waals surface area contributed by atoms with E-state index in [0.717, 1.165) is 21.6 Å². The van der Waals surface area contributed by atoms with Gasteiger partial charge < -0.3 is 20.7 Å². The summed E-state index contributed by atoms with van der Waals surface area (Å²) in [4.78, 5) is 33.9. The lowest BCUT2D eigenvalue weighted by molar-refractivity contribution is -0.116. The molecule has 0 bridgehead atoms. The van der Waals surface area contributed by atoms with Gasteiger partial charge in [-0.2, -0.15) is 0 Å². The Morgan fingerprint density at radius 2 is 2.00 bits per heavy atom. The number of fused-ring (bicyclic) bond motifs is 1. The number of anilines is 1. The molecule has 1 atom stereocenters. The molecule has 3 N–H and O–H groups in total. The Kier molecular flexibility index (Phi) is 6.51. The molecule has 1 fully saturated rings. The molecule has 2 aliphatic rings. The number of pyridine rings is 2. The van der Waals surface area contributed by atoms with Crippen LogP contribution < -0.4 is 15.8 Å². The maximum Gasteiger partial charge on any atom is 0.282 e. The van der Waals surface area contributed by atoms with Crippen molar-refractivity contribution in [3.05, 3.63) is 76.6 Å². The standard InChI is InChI=1S/C26H22ClF2N5O3/c27-20-9-17(21-4-3-16(11-31-21)25(36)34-13-26(28,29)14-34)7-18-8-19(37-24(18)20)12-33-23(35)6-2-15-1-5-22(30)32-10-15/h1-7,9-11,19H,8,12-14H2,(H2,30,32)(H,33,35). The Bertz CT molecular complexity index is 1370. The molecule has 4 heterocycles. The van der Waals surface area contributed by atoms with Gasteiger partial charge in [0.05, 0.1) is 35.9 Å². The monoisotopic (exact) mass is 525 g/mol. The molecule has 0 aliphatic carbocycles. The molecule has 0 radical (unpaired) electrons. The van der Waals surface area contributed by atoms with E-state index in [1.807, 2.05) is 6.07 Å². The van der Waals surface area contributed by atoms with Crippen LogP contribution in [-0.2, 0) is 11.2 Å². The second kappa shape index (κ2) is 9.78. The molecule has 11 heteroatoms. The molecule has 0 saturated carbocycles. The van der Waals surface area contributed by atoms with Crippen LogP contribution >= 0.6 is 11.6 Å². The Hall–Kier alpha value is -4.05. The number of nitrogens with zero attached hydrogens (tertiary/aromatic N) is 3. The normalized spacial score (nSPS) is 17.7. The van der Waals surface area contributed by atoms with Crippen molar-refractivity contribution in [3.63, 3.8) is 0 Å². The van der Waals surface area contributed by atoms with Crippen LogP contribution in [0.5, 0.6) is 5.75 Å². The molecule has 0 spiro atoms. The zero-order chi connectivity index (χ0) is 26.2. The van der Waals surface area contributed by atoms with Crippen molar-refractivity contribution in [1.82, 2.24) is 20.2 Å². The molecule has 190 valence electrons. The zero-order valence-electron chi connectivity index (χ0n) is 19.5. The third-order valence-corrected chi connectivity index (χ3v) is 6.31. The summed E-state index contributed by atoms with van der Waals surface area (Å²) in [5, 5.41) is 3.22. The van der Waals surface area contributed by atoms with Crippen molar-refractivity contribution in [1.29, 1.82) is 0 Å². The van der Waals surface area contributed by atoms with Crippen molar-refractivity contribution >= 4 is 35.3 Å². The number of likely N-dealkylation sites (tertiary alicyclic amines) is 1. The largest absolute Gasteiger partial charge is 0.486 e. The SMILES string of the molecule is Nc1ccc(C=CC(=O)NCC2Cc3cc(-c4ccc(C(=O)N5CC(F)(F)C5)cn4)cc(Cl)c3O2)cn1. The van der Waals surface area contributed by atoms with Crippen LogP contribution in [0.2, 0.25) is 5.02 Å². The Labute approximate surface area is 216 Å². The van der Waals surface area contributed by atoms with E-state index in [0.29, 0.717) is 28.7 Å². The number of rotatable bonds is 6. The average Bonchev–Trinajstić information content (AvgIpc) is 3.29. The number of amides is 2. The lowest BCUT2D eigenvalue weighted by Crippen LogP contribution is -2.58. The summed E-state index contributed by atoms with van der Waals surface area (Å²) in [6.07, 6.45) is 6.24. The Morgan fingerprint density at radius 1 is 1.19 bits per heavy atom. The highest BCUT2D eigenvalue weighted by Gasteiger charge is 2.46. The number of nitrogens with two attached hydrogens (primary N) is 1. The number of carbonyl (C=O) groups is 2. The Morgan fingerprint density at radius 3 is 2.68 bits per heavy atom. The molecule has 3 aromatic rings. The minimum atomic E-state index is -2.82. The van der Waals surface area contributed by atoms with Crippen LogP contribution in [0.3, 0.4) is 0 Å². The molecule has 1 unspecified atom stereocenters. The fourth-order valence-corrected chi connectivity index (χ4v) is 4.42. The number of carbonyl (C=O) groups excluding carboxylic acids is 2. The van der Waals surface area contributed by atoms with Gasteiger partial charge in [0.15, 0.2) is 0 Å². The fraction of sp³-hybridized carbons (Fsp3) is 0.231. The third kappa shape index (κ3) is 5.54. The number of aromatic nitrogens is 2. The minimum absolute atomic E-state index is 0.243. The summed E-state index contributed by atoms with van der Waals surface area (Å²) >= 11 is 6.46. The highest BCUT2D eigenvalue weighted by Crippen LogP contribution is 2.39. The van der Waals surface area contributed by atoms with Crippen LogP contribution in [0.4, 0.5) is 14.6 Å². The van der Waals surface area contributed by atoms with Crippen LogP contribution in [0, 0.1) is 0 Å². The number of halogens is 3. The fourth-order valence-electron chi connectivity index (χ4n) is 4.14. The summed E-state index contributed by atoms with van der Waals surface area (Å²) in [6, 6.07) is 10.2. The quantitative estimate of drug-likeness (QED) is 0.476. The van der Waals surface area contributed by atoms with Gasteiger partial charge in [-0.15, -0.1) is 0 Å². The van der Waals surface area contributed by atoms with Crippen LogP contribution in [0.15, 0.2) is 54.9 Å². The van der Waals surface area contributed by atoms with Gasteiger partial charge in [-0.25, -0.2) is 13.8 Å². The summed E-state index contributed by atoms with van der Waals surface area (Å²) in [5.74, 6) is -2.61. The van der Waals surface area contributed by atoms with E-state index in [9.17, 15) is 18.4 Å². The van der Waals surface area contributed by atoms with Crippen molar-refractivity contribution in [3.8, 4) is 17.0 Å². The average molecular weight is 526 g/mol. The lowest BCUT2D eigenvalue weighted by Gasteiger charge is -2.38. The first-order chi connectivity index (χ1) is 17.7. The first-order valence-electron chi connectivity index (χ1n) is 11.5. The number of nitrogens with one attached hydrogen (secondary N) is 1. The van der Waals surface area contributed by atoms with Gasteiger partial charge in [0, 0.05) is 36.0 Å². The maximum atomic E-state index is 13.1. The highest BCUT2D eigenvalue weighted by atomic mass is 35.5. The molecule has 8 nitrogen and oxygen atoms in total. The lowest BCUT2D eigenvalue weighted by atomic mass is 10.0. The van der Waals surface area contributed by atoms with Crippen molar-refractivity contribution in [2.24, 2.45) is 0 Å². The molecule has 5 rings (SSSR count). The van der Waals surface area contributed by atoms with Gasteiger partial charge in [-0.1, -0.05) is 11.6 Å². The number of nitrogen functional groups attached to an aromatic ring is 1. The number of alkyl halides is 2. The first kappa shape index (κ1) is 24.6. The van der Waals surface area contributed by atoms with Crippen molar-refractivity contribution in [2.45, 2.75) is 18.4 Å². The second-order valence-electron chi connectivity index (χ2n) is 8.93. The van der Waals surface area contributed by atoms with E-state index in [4.69, 9.17) is 22.1 Å². The van der Waals surface area contributed by atoms with E-state index in [-0.39, 0.29) is 24.1 Å². The van der Waals surface area contributed by atoms with Gasteiger partial charge in [-0.3, -0.25) is 14.6 Å². The number of hydrogen-bond acceptors (Lipinski definition) is 6. The summed E-state index contributed by atoms with van der Waals surface area (Å²) in [6.45, 7) is -0.869. The minimum Gasteiger partial charge on any atom is -0.486 e. The van der Waals surface area contributed by atoms with E-state index in [1.54, 1.807) is 42.6 Å². The number of ether oxygens (including phenoxy) is 1. The van der Waals surface area contributed by atoms with Gasteiger partial charge in [0.1, 0.15) is 17.7 Å². The molecule has 2 aliphatic heterocycles. The molecule has 1 aromatic carbocycles. The molecule has 2 aromatic heterocycles. The van der Waals surface area contributed by atoms with E-state index >= 15 is 0 Å². The summed E-state index contributed by atoms with van der Waals surface area (Å²) < 4.78 is 32.1. The molecular weight excluding hydrogens is 504 g/mol. The summed E-state index contributed by atoms with van der Waals surface area (Å²) in [7, 11) is 0. The van der Waals surface area contributed by atoms with Gasteiger partial charge in [-0.05, 0) is 48.0 Å². The third-order valence-electron chi connectivity index (χ3n) is 6.03. The Balaban J connectivity index is 1.19. The molecular formula is C26H22ClF2N5O3. The molecule has 37 heavy (non-hydrogen) atoms. The van der Waals surface area contributed by atoms with E-state index in [2.05, 4.69) is 15.3 Å². The predicted octanol–water partition coefficient (Wildman–Crippen LogP) is 3.60. The zero-order valence-corrected chi connectivity index (χ0v) is 20.2. The van der Waals surface area contributed by atoms with Gasteiger partial charge in [0.25, 0.3) is 11.8 Å². The van der Waals surface area contributed by atoms with Crippen LogP contribution in [-0.4, -0.2) is 58.3 Å². The number of hydrogen-bond donors (Lipinski definition) is 2. The number of benzene rings is 1. The second-order valence-corrected chi connectivity index (χ2v) is 9.34. The van der Waals surface area contributed by atoms with Gasteiger partial charge >= 0.3 is 0 Å². The smallest absolute Gasteiger partial charge is 0.282 e. The maximum absolute atomic E-state index is 13.1. The topological polar surface area (TPSA) is 110 Å². The van der Waals surface area contributed by atoms with E-state index in [1.165, 1.54) is 12.3 Å². The van der Waals surface area contributed by atoms with Crippen molar-refractivity contribution in [2.75, 3.05) is 25.4 Å². The van der Waals surface area contributed by atoms with E-state index < -0.39 is 24.9 Å². The molecule has 2 amide bonds. The summed E-state index contributed by atoms with van der Waals surface area (Å²) in [5.41, 5.74) is 8.72. The first-order valence-corrected chi connectivity index (χ1v) is 11.8. The highest BCUT2D eigenvalue weighted by molar-refractivity contribution is 6.32. The molecule has 1 saturated heterocycles. The van der Waals surface area contributed by atoms with Crippen molar-refractivity contribution < 1.29 is 23.1 Å².